The van der Waals surface area contributed by atoms with Crippen LogP contribution in [0.2, 0.25) is 0 Å². The van der Waals surface area contributed by atoms with Crippen LogP contribution in [0.5, 0.6) is 0 Å². The molecule has 0 spiro atoms. The number of carboxylic acids is 1. The summed E-state index contributed by atoms with van der Waals surface area (Å²) in [5.41, 5.74) is 2.98. The molecule has 2 rings (SSSR count). The van der Waals surface area contributed by atoms with Crippen molar-refractivity contribution in [3.8, 4) is 0 Å². The number of fused-ring (bicyclic) bond motifs is 1. The van der Waals surface area contributed by atoms with Crippen molar-refractivity contribution in [1.82, 2.24) is 0 Å². The van der Waals surface area contributed by atoms with Gasteiger partial charge in [-0.3, -0.25) is 0 Å². The summed E-state index contributed by atoms with van der Waals surface area (Å²) in [5, 5.41) is 8.79. The van der Waals surface area contributed by atoms with E-state index >= 15 is 0 Å². The molecule has 0 saturated carbocycles. The van der Waals surface area contributed by atoms with Crippen LogP contribution < -0.4 is 0 Å². The van der Waals surface area contributed by atoms with Gasteiger partial charge in [0, 0.05) is 0 Å². The number of carboxylic acid groups (broad SMARTS) is 1. The molecule has 0 heterocycles. The SMILES string of the molecule is Cl.O=C(O)c1ccc2c(c1)CCCC2. The summed E-state index contributed by atoms with van der Waals surface area (Å²) in [6.07, 6.45) is 4.57. The summed E-state index contributed by atoms with van der Waals surface area (Å²) < 4.78 is 0. The maximum atomic E-state index is 10.7. The third kappa shape index (κ3) is 2.07. The van der Waals surface area contributed by atoms with Crippen molar-refractivity contribution in [2.75, 3.05) is 0 Å². The van der Waals surface area contributed by atoms with Gasteiger partial charge in [-0.15, -0.1) is 12.4 Å². The van der Waals surface area contributed by atoms with E-state index in [1.54, 1.807) is 6.07 Å². The zero-order chi connectivity index (χ0) is 9.26. The Bertz CT molecular complexity index is 347. The van der Waals surface area contributed by atoms with Crippen molar-refractivity contribution < 1.29 is 9.90 Å². The normalized spacial score (nSPS) is 14.0. The Balaban J connectivity index is 0.000000980. The molecule has 2 nitrogen and oxygen atoms in total. The number of aryl methyl sites for hydroxylation is 2. The van der Waals surface area contributed by atoms with E-state index in [-0.39, 0.29) is 12.4 Å². The van der Waals surface area contributed by atoms with Crippen LogP contribution in [0.1, 0.15) is 34.3 Å². The van der Waals surface area contributed by atoms with Gasteiger partial charge < -0.3 is 5.11 Å². The van der Waals surface area contributed by atoms with Gasteiger partial charge >= 0.3 is 5.97 Å². The van der Waals surface area contributed by atoms with Gasteiger partial charge in [-0.1, -0.05) is 6.07 Å². The van der Waals surface area contributed by atoms with Gasteiger partial charge in [0.1, 0.15) is 0 Å². The summed E-state index contributed by atoms with van der Waals surface area (Å²) in [5.74, 6) is -0.826. The van der Waals surface area contributed by atoms with E-state index < -0.39 is 5.97 Å². The molecule has 0 amide bonds. The second-order valence-corrected chi connectivity index (χ2v) is 3.50. The molecule has 3 heteroatoms. The lowest BCUT2D eigenvalue weighted by atomic mass is 9.90. The molecule has 0 aliphatic heterocycles. The summed E-state index contributed by atoms with van der Waals surface area (Å²) >= 11 is 0. The maximum Gasteiger partial charge on any atom is 0.335 e. The Morgan fingerprint density at radius 2 is 1.79 bits per heavy atom. The summed E-state index contributed by atoms with van der Waals surface area (Å²) in [4.78, 5) is 10.7. The number of hydrogen-bond donors (Lipinski definition) is 1. The van der Waals surface area contributed by atoms with Gasteiger partial charge in [-0.05, 0) is 48.9 Å². The second-order valence-electron chi connectivity index (χ2n) is 3.50. The highest BCUT2D eigenvalue weighted by molar-refractivity contribution is 5.87. The molecule has 1 N–H and O–H groups in total. The van der Waals surface area contributed by atoms with E-state index in [4.69, 9.17) is 5.11 Å². The Kier molecular flexibility index (Phi) is 3.53. The number of halogens is 1. The highest BCUT2D eigenvalue weighted by Gasteiger charge is 2.11. The van der Waals surface area contributed by atoms with Gasteiger partial charge in [0.05, 0.1) is 5.56 Å². The van der Waals surface area contributed by atoms with Gasteiger partial charge in [0.2, 0.25) is 0 Å². The summed E-state index contributed by atoms with van der Waals surface area (Å²) in [7, 11) is 0. The number of carbonyl (C=O) groups is 1. The van der Waals surface area contributed by atoms with E-state index in [2.05, 4.69) is 0 Å². The largest absolute Gasteiger partial charge is 0.478 e. The second kappa shape index (κ2) is 4.47. The third-order valence-corrected chi connectivity index (χ3v) is 2.60. The summed E-state index contributed by atoms with van der Waals surface area (Å²) in [6, 6.07) is 5.47. The molecule has 76 valence electrons. The Morgan fingerprint density at radius 3 is 2.43 bits per heavy atom. The number of aromatic carboxylic acids is 1. The fourth-order valence-electron chi connectivity index (χ4n) is 1.87. The number of hydrogen-bond acceptors (Lipinski definition) is 1. The molecule has 1 aromatic rings. The number of benzene rings is 1. The lowest BCUT2D eigenvalue weighted by Gasteiger charge is -2.15. The fourth-order valence-corrected chi connectivity index (χ4v) is 1.87. The van der Waals surface area contributed by atoms with E-state index in [0.29, 0.717) is 5.56 Å². The van der Waals surface area contributed by atoms with Crippen LogP contribution in [0.15, 0.2) is 18.2 Å². The Morgan fingerprint density at radius 1 is 1.14 bits per heavy atom. The number of rotatable bonds is 1. The Labute approximate surface area is 89.4 Å². The lowest BCUT2D eigenvalue weighted by molar-refractivity contribution is 0.0696. The predicted molar refractivity (Wildman–Crippen MR) is 57.3 cm³/mol. The molecule has 1 aromatic carbocycles. The fraction of sp³-hybridized carbons (Fsp3) is 0.364. The van der Waals surface area contributed by atoms with Gasteiger partial charge in [-0.25, -0.2) is 4.79 Å². The quantitative estimate of drug-likeness (QED) is 0.777. The molecule has 0 radical (unpaired) electrons. The van der Waals surface area contributed by atoms with E-state index in [0.717, 1.165) is 12.8 Å². The first-order valence-electron chi connectivity index (χ1n) is 4.62. The lowest BCUT2D eigenvalue weighted by Crippen LogP contribution is -2.05. The van der Waals surface area contributed by atoms with Crippen molar-refractivity contribution in [3.63, 3.8) is 0 Å². The standard InChI is InChI=1S/C11H12O2.ClH/c12-11(13)10-6-5-8-3-1-2-4-9(8)7-10;/h5-7H,1-4H2,(H,12,13);1H. The van der Waals surface area contributed by atoms with Gasteiger partial charge in [-0.2, -0.15) is 0 Å². The minimum absolute atomic E-state index is 0. The molecule has 0 saturated heterocycles. The molecular weight excluding hydrogens is 200 g/mol. The topological polar surface area (TPSA) is 37.3 Å². The average molecular weight is 213 g/mol. The molecule has 0 atom stereocenters. The molecule has 14 heavy (non-hydrogen) atoms. The third-order valence-electron chi connectivity index (χ3n) is 2.60. The van der Waals surface area contributed by atoms with Crippen LogP contribution in [0.4, 0.5) is 0 Å². The van der Waals surface area contributed by atoms with Crippen molar-refractivity contribution in [2.24, 2.45) is 0 Å². The highest BCUT2D eigenvalue weighted by Crippen LogP contribution is 2.21. The first-order valence-corrected chi connectivity index (χ1v) is 4.62. The Hall–Kier alpha value is -1.02. The molecule has 1 aliphatic carbocycles. The van der Waals surface area contributed by atoms with Gasteiger partial charge in [0.25, 0.3) is 0 Å². The molecule has 0 fully saturated rings. The maximum absolute atomic E-state index is 10.7. The molecule has 0 aromatic heterocycles. The van der Waals surface area contributed by atoms with Crippen LogP contribution in [-0.2, 0) is 12.8 Å². The minimum atomic E-state index is -0.826. The highest BCUT2D eigenvalue weighted by atomic mass is 35.5. The molecular formula is C11H13ClO2. The first-order chi connectivity index (χ1) is 6.27. The van der Waals surface area contributed by atoms with E-state index in [1.807, 2.05) is 12.1 Å². The van der Waals surface area contributed by atoms with Crippen molar-refractivity contribution in [3.05, 3.63) is 34.9 Å². The monoisotopic (exact) mass is 212 g/mol. The van der Waals surface area contributed by atoms with Crippen molar-refractivity contribution in [1.29, 1.82) is 0 Å². The average Bonchev–Trinajstić information content (AvgIpc) is 2.17. The van der Waals surface area contributed by atoms with Crippen LogP contribution >= 0.6 is 12.4 Å². The van der Waals surface area contributed by atoms with Crippen molar-refractivity contribution >= 4 is 18.4 Å². The molecule has 0 unspecified atom stereocenters. The molecule has 0 bridgehead atoms. The summed E-state index contributed by atoms with van der Waals surface area (Å²) in [6.45, 7) is 0. The van der Waals surface area contributed by atoms with Crippen LogP contribution in [-0.4, -0.2) is 11.1 Å². The van der Waals surface area contributed by atoms with E-state index in [1.165, 1.54) is 24.0 Å². The van der Waals surface area contributed by atoms with Crippen LogP contribution in [0.3, 0.4) is 0 Å². The van der Waals surface area contributed by atoms with Crippen molar-refractivity contribution in [2.45, 2.75) is 25.7 Å². The van der Waals surface area contributed by atoms with E-state index in [9.17, 15) is 4.79 Å². The zero-order valence-electron chi connectivity index (χ0n) is 7.82. The minimum Gasteiger partial charge on any atom is -0.478 e. The first kappa shape index (κ1) is 11.1. The zero-order valence-corrected chi connectivity index (χ0v) is 8.64. The van der Waals surface area contributed by atoms with Crippen LogP contribution in [0.25, 0.3) is 0 Å². The van der Waals surface area contributed by atoms with Gasteiger partial charge in [0.15, 0.2) is 0 Å². The molecule has 1 aliphatic rings. The predicted octanol–water partition coefficient (Wildman–Crippen LogP) is 2.69. The smallest absolute Gasteiger partial charge is 0.335 e. The van der Waals surface area contributed by atoms with Crippen LogP contribution in [0, 0.1) is 0 Å².